The molecule has 0 amide bonds. The van der Waals surface area contributed by atoms with Gasteiger partial charge in [0, 0.05) is 27.8 Å². The second-order valence-electron chi connectivity index (χ2n) is 6.52. The minimum atomic E-state index is 0.859. The minimum absolute atomic E-state index is 0.859. The van der Waals surface area contributed by atoms with Crippen LogP contribution in [0.25, 0.3) is 22.0 Å². The number of hydrogen-bond acceptors (Lipinski definition) is 3. The molecule has 0 N–H and O–H groups in total. The summed E-state index contributed by atoms with van der Waals surface area (Å²) in [5, 5.41) is 2.34. The van der Waals surface area contributed by atoms with Gasteiger partial charge in [-0.1, -0.05) is 42.5 Å². The molecule has 0 bridgehead atoms. The van der Waals surface area contributed by atoms with E-state index in [1.54, 1.807) is 7.11 Å². The molecule has 0 spiro atoms. The van der Waals surface area contributed by atoms with E-state index in [0.29, 0.717) is 0 Å². The second kappa shape index (κ2) is 7.85. The van der Waals surface area contributed by atoms with Crippen molar-refractivity contribution in [3.05, 3.63) is 90.1 Å². The Bertz CT molecular complexity index is 1080. The molecular formula is C24H21NOS. The average molecular weight is 372 g/mol. The molecule has 2 nitrogen and oxygen atoms in total. The van der Waals surface area contributed by atoms with E-state index in [9.17, 15) is 0 Å². The number of pyridine rings is 1. The van der Waals surface area contributed by atoms with Gasteiger partial charge in [-0.15, -0.1) is 11.8 Å². The second-order valence-corrected chi connectivity index (χ2v) is 7.57. The normalized spacial score (nSPS) is 10.9. The van der Waals surface area contributed by atoms with E-state index >= 15 is 0 Å². The van der Waals surface area contributed by atoms with Crippen LogP contribution in [0.3, 0.4) is 0 Å². The Morgan fingerprint density at radius 3 is 2.59 bits per heavy atom. The molecule has 0 saturated carbocycles. The van der Waals surface area contributed by atoms with Crippen molar-refractivity contribution in [3.63, 3.8) is 0 Å². The maximum absolute atomic E-state index is 5.60. The van der Waals surface area contributed by atoms with Gasteiger partial charge in [-0.3, -0.25) is 4.98 Å². The number of aromatic nitrogens is 1. The topological polar surface area (TPSA) is 22.1 Å². The highest BCUT2D eigenvalue weighted by atomic mass is 32.2. The first kappa shape index (κ1) is 17.6. The van der Waals surface area contributed by atoms with Crippen LogP contribution in [0.5, 0.6) is 5.75 Å². The Balaban J connectivity index is 1.68. The van der Waals surface area contributed by atoms with Crippen molar-refractivity contribution >= 4 is 22.5 Å². The first-order valence-corrected chi connectivity index (χ1v) is 9.93. The van der Waals surface area contributed by atoms with E-state index in [4.69, 9.17) is 4.74 Å². The summed E-state index contributed by atoms with van der Waals surface area (Å²) < 4.78 is 5.60. The van der Waals surface area contributed by atoms with E-state index in [1.807, 2.05) is 18.0 Å². The SMILES string of the molecule is COc1cc(C)ccc1-c1nccc2cc(SCc3ccccc3)ccc12. The predicted octanol–water partition coefficient (Wildman–Crippen LogP) is 6.51. The van der Waals surface area contributed by atoms with Gasteiger partial charge in [0.05, 0.1) is 12.8 Å². The van der Waals surface area contributed by atoms with E-state index in [0.717, 1.165) is 28.1 Å². The highest BCUT2D eigenvalue weighted by Crippen LogP contribution is 2.35. The Labute approximate surface area is 164 Å². The van der Waals surface area contributed by atoms with E-state index < -0.39 is 0 Å². The third kappa shape index (κ3) is 3.83. The van der Waals surface area contributed by atoms with Crippen LogP contribution in [-0.2, 0) is 5.75 Å². The lowest BCUT2D eigenvalue weighted by atomic mass is 10.0. The standard InChI is InChI=1S/C24H21NOS/c1-17-8-10-22(23(14-17)26-2)24-21-11-9-20(15-19(21)12-13-25-24)27-16-18-6-4-3-5-7-18/h3-15H,16H2,1-2H3. The number of benzene rings is 3. The van der Waals surface area contributed by atoms with Crippen molar-refractivity contribution in [2.45, 2.75) is 17.6 Å². The molecule has 0 saturated heterocycles. The summed E-state index contributed by atoms with van der Waals surface area (Å²) in [5.74, 6) is 1.83. The summed E-state index contributed by atoms with van der Waals surface area (Å²) in [6, 6.07) is 25.5. The number of thioether (sulfide) groups is 1. The predicted molar refractivity (Wildman–Crippen MR) is 114 cm³/mol. The van der Waals surface area contributed by atoms with Crippen molar-refractivity contribution in [2.24, 2.45) is 0 Å². The van der Waals surface area contributed by atoms with Gasteiger partial charge < -0.3 is 4.74 Å². The van der Waals surface area contributed by atoms with Crippen LogP contribution in [0.15, 0.2) is 83.9 Å². The van der Waals surface area contributed by atoms with Crippen LogP contribution in [0, 0.1) is 6.92 Å². The van der Waals surface area contributed by atoms with Crippen LogP contribution in [0.2, 0.25) is 0 Å². The van der Waals surface area contributed by atoms with Crippen LogP contribution in [0.4, 0.5) is 0 Å². The van der Waals surface area contributed by atoms with Crippen LogP contribution in [-0.4, -0.2) is 12.1 Å². The number of nitrogens with zero attached hydrogens (tertiary/aromatic N) is 1. The summed E-state index contributed by atoms with van der Waals surface area (Å²) in [4.78, 5) is 5.92. The fraction of sp³-hybridized carbons (Fsp3) is 0.125. The Morgan fingerprint density at radius 2 is 1.78 bits per heavy atom. The Kier molecular flexibility index (Phi) is 5.12. The number of aryl methyl sites for hydroxylation is 1. The monoisotopic (exact) mass is 371 g/mol. The zero-order valence-electron chi connectivity index (χ0n) is 15.5. The van der Waals surface area contributed by atoms with Gasteiger partial charge in [-0.25, -0.2) is 0 Å². The van der Waals surface area contributed by atoms with Gasteiger partial charge in [0.15, 0.2) is 0 Å². The molecule has 4 aromatic rings. The molecule has 27 heavy (non-hydrogen) atoms. The molecule has 134 valence electrons. The van der Waals surface area contributed by atoms with E-state index in [2.05, 4.69) is 84.7 Å². The minimum Gasteiger partial charge on any atom is -0.496 e. The molecule has 0 aliphatic rings. The smallest absolute Gasteiger partial charge is 0.128 e. The summed E-state index contributed by atoms with van der Waals surface area (Å²) in [6.07, 6.45) is 1.88. The van der Waals surface area contributed by atoms with E-state index in [1.165, 1.54) is 21.4 Å². The largest absolute Gasteiger partial charge is 0.496 e. The van der Waals surface area contributed by atoms with Gasteiger partial charge in [0.25, 0.3) is 0 Å². The van der Waals surface area contributed by atoms with Crippen LogP contribution >= 0.6 is 11.8 Å². The Morgan fingerprint density at radius 1 is 0.926 bits per heavy atom. The van der Waals surface area contributed by atoms with Crippen molar-refractivity contribution in [1.29, 1.82) is 0 Å². The van der Waals surface area contributed by atoms with Crippen molar-refractivity contribution in [3.8, 4) is 17.0 Å². The van der Waals surface area contributed by atoms with Gasteiger partial charge >= 0.3 is 0 Å². The summed E-state index contributed by atoms with van der Waals surface area (Å²) in [5.41, 5.74) is 4.50. The van der Waals surface area contributed by atoms with E-state index in [-0.39, 0.29) is 0 Å². The summed E-state index contributed by atoms with van der Waals surface area (Å²) >= 11 is 1.85. The molecule has 4 rings (SSSR count). The Hall–Kier alpha value is -2.78. The lowest BCUT2D eigenvalue weighted by molar-refractivity contribution is 0.416. The molecular weight excluding hydrogens is 350 g/mol. The van der Waals surface area contributed by atoms with Crippen molar-refractivity contribution < 1.29 is 4.74 Å². The average Bonchev–Trinajstić information content (AvgIpc) is 2.72. The van der Waals surface area contributed by atoms with Gasteiger partial charge in [0.1, 0.15) is 5.75 Å². The molecule has 0 fully saturated rings. The number of ether oxygens (including phenoxy) is 1. The number of fused-ring (bicyclic) bond motifs is 1. The maximum Gasteiger partial charge on any atom is 0.128 e. The first-order valence-electron chi connectivity index (χ1n) is 8.95. The lowest BCUT2D eigenvalue weighted by Crippen LogP contribution is -1.92. The van der Waals surface area contributed by atoms with Crippen LogP contribution < -0.4 is 4.74 Å². The fourth-order valence-electron chi connectivity index (χ4n) is 3.20. The molecule has 3 heteroatoms. The zero-order valence-corrected chi connectivity index (χ0v) is 16.3. The molecule has 3 aromatic carbocycles. The quantitative estimate of drug-likeness (QED) is 0.373. The van der Waals surface area contributed by atoms with Gasteiger partial charge in [0.2, 0.25) is 0 Å². The third-order valence-corrected chi connectivity index (χ3v) is 5.66. The molecule has 0 atom stereocenters. The fourth-order valence-corrected chi connectivity index (χ4v) is 4.10. The molecule has 0 aliphatic carbocycles. The number of rotatable bonds is 5. The lowest BCUT2D eigenvalue weighted by Gasteiger charge is -2.12. The summed E-state index contributed by atoms with van der Waals surface area (Å²) in [6.45, 7) is 2.07. The number of methoxy groups -OCH3 is 1. The van der Waals surface area contributed by atoms with Crippen molar-refractivity contribution in [2.75, 3.05) is 7.11 Å². The molecule has 1 heterocycles. The van der Waals surface area contributed by atoms with Gasteiger partial charge in [-0.2, -0.15) is 0 Å². The molecule has 0 unspecified atom stereocenters. The highest BCUT2D eigenvalue weighted by Gasteiger charge is 2.11. The van der Waals surface area contributed by atoms with Crippen molar-refractivity contribution in [1.82, 2.24) is 4.98 Å². The highest BCUT2D eigenvalue weighted by molar-refractivity contribution is 7.98. The van der Waals surface area contributed by atoms with Gasteiger partial charge in [-0.05, 0) is 53.8 Å². The number of hydrogen-bond donors (Lipinski definition) is 0. The maximum atomic E-state index is 5.60. The molecule has 0 radical (unpaired) electrons. The molecule has 1 aromatic heterocycles. The summed E-state index contributed by atoms with van der Waals surface area (Å²) in [7, 11) is 1.71. The third-order valence-electron chi connectivity index (χ3n) is 4.60. The zero-order chi connectivity index (χ0) is 18.6. The first-order chi connectivity index (χ1) is 13.2. The molecule has 0 aliphatic heterocycles. The van der Waals surface area contributed by atoms with Crippen LogP contribution in [0.1, 0.15) is 11.1 Å².